The molecule has 11 heteroatoms. The van der Waals surface area contributed by atoms with Crippen LogP contribution in [0.5, 0.6) is 5.75 Å². The minimum absolute atomic E-state index is 0.106. The van der Waals surface area contributed by atoms with Crippen LogP contribution in [0, 0.1) is 0 Å². The zero-order valence-electron chi connectivity index (χ0n) is 15.1. The van der Waals surface area contributed by atoms with Gasteiger partial charge in [0, 0.05) is 23.7 Å². The zero-order valence-corrected chi connectivity index (χ0v) is 15.9. The Labute approximate surface area is 167 Å². The highest BCUT2D eigenvalue weighted by Crippen LogP contribution is 2.35. The molecule has 3 aromatic rings. The maximum absolute atomic E-state index is 12.7. The molecule has 2 aromatic heterocycles. The van der Waals surface area contributed by atoms with Gasteiger partial charge in [0.25, 0.3) is 0 Å². The Morgan fingerprint density at radius 1 is 1.31 bits per heavy atom. The first-order valence-corrected chi connectivity index (χ1v) is 9.38. The predicted octanol–water partition coefficient (Wildman–Crippen LogP) is 4.42. The number of benzene rings is 1. The summed E-state index contributed by atoms with van der Waals surface area (Å²) in [6.45, 7) is 0.840. The van der Waals surface area contributed by atoms with Crippen LogP contribution < -0.4 is 10.1 Å². The molecule has 0 saturated carbocycles. The van der Waals surface area contributed by atoms with E-state index >= 15 is 0 Å². The number of nitrogens with one attached hydrogen (secondary N) is 1. The molecule has 152 valence electrons. The lowest BCUT2D eigenvalue weighted by Gasteiger charge is -2.27. The second-order valence-corrected chi connectivity index (χ2v) is 7.45. The summed E-state index contributed by atoms with van der Waals surface area (Å²) in [7, 11) is 1.56. The third-order valence-corrected chi connectivity index (χ3v) is 5.62. The number of hydrogen-bond donors (Lipinski definition) is 1. The van der Waals surface area contributed by atoms with Crippen molar-refractivity contribution in [3.63, 3.8) is 0 Å². The van der Waals surface area contributed by atoms with Crippen LogP contribution in [-0.4, -0.2) is 34.7 Å². The number of methoxy groups -OCH3 is 1. The van der Waals surface area contributed by atoms with Gasteiger partial charge in [-0.05, 0) is 42.3 Å². The maximum Gasteiger partial charge on any atom is 0.471 e. The number of carbonyl (C=O) groups excluding carboxylic acids is 1. The van der Waals surface area contributed by atoms with Crippen molar-refractivity contribution in [1.82, 2.24) is 15.0 Å². The molecule has 0 radical (unpaired) electrons. The van der Waals surface area contributed by atoms with Crippen molar-refractivity contribution in [1.29, 1.82) is 0 Å². The lowest BCUT2D eigenvalue weighted by Crippen LogP contribution is -2.38. The summed E-state index contributed by atoms with van der Waals surface area (Å²) in [6, 6.07) is 8.42. The Balaban J connectivity index is 1.45. The summed E-state index contributed by atoms with van der Waals surface area (Å²) < 4.78 is 47.3. The monoisotopic (exact) mass is 424 g/mol. The van der Waals surface area contributed by atoms with Crippen LogP contribution in [0.15, 0.2) is 34.9 Å². The highest BCUT2D eigenvalue weighted by atomic mass is 32.1. The summed E-state index contributed by atoms with van der Waals surface area (Å²) >= 11 is 1.31. The fourth-order valence-electron chi connectivity index (χ4n) is 2.93. The molecule has 0 atom stereocenters. The molecule has 1 aliphatic rings. The summed E-state index contributed by atoms with van der Waals surface area (Å²) in [6.07, 6.45) is -4.08. The van der Waals surface area contributed by atoms with Gasteiger partial charge in [-0.2, -0.15) is 18.2 Å². The standard InChI is InChI=1S/C18H15F3N4O3S/c1-27-12-4-2-11(3-5-12)22-17(26)25-7-6-13-10(9-25)8-14(29-13)15-23-16(28-24-15)18(19,20)21/h2-5,8H,6-7,9H2,1H3,(H,22,26). The van der Waals surface area contributed by atoms with Crippen LogP contribution in [0.25, 0.3) is 10.7 Å². The molecule has 4 rings (SSSR count). The second kappa shape index (κ2) is 7.39. The van der Waals surface area contributed by atoms with Gasteiger partial charge in [0.15, 0.2) is 0 Å². The average molecular weight is 424 g/mol. The number of hydrogen-bond acceptors (Lipinski definition) is 6. The second-order valence-electron chi connectivity index (χ2n) is 6.31. The van der Waals surface area contributed by atoms with Crippen molar-refractivity contribution in [2.24, 2.45) is 0 Å². The van der Waals surface area contributed by atoms with Crippen LogP contribution in [-0.2, 0) is 19.1 Å². The molecule has 1 N–H and O–H groups in total. The third-order valence-electron chi connectivity index (χ3n) is 4.38. The lowest BCUT2D eigenvalue weighted by atomic mass is 10.1. The van der Waals surface area contributed by atoms with Gasteiger partial charge in [0.05, 0.1) is 12.0 Å². The fraction of sp³-hybridized carbons (Fsp3) is 0.278. The molecule has 0 spiro atoms. The molecule has 0 saturated heterocycles. The molecule has 29 heavy (non-hydrogen) atoms. The Morgan fingerprint density at radius 2 is 2.07 bits per heavy atom. The van der Waals surface area contributed by atoms with Crippen molar-refractivity contribution in [3.05, 3.63) is 46.7 Å². The van der Waals surface area contributed by atoms with Gasteiger partial charge in [0.2, 0.25) is 5.82 Å². The van der Waals surface area contributed by atoms with E-state index in [1.807, 2.05) is 0 Å². The Morgan fingerprint density at radius 3 is 2.72 bits per heavy atom. The van der Waals surface area contributed by atoms with Crippen molar-refractivity contribution in [2.75, 3.05) is 19.0 Å². The molecular formula is C18H15F3N4O3S. The van der Waals surface area contributed by atoms with E-state index in [1.54, 1.807) is 42.3 Å². The van der Waals surface area contributed by atoms with E-state index < -0.39 is 12.1 Å². The van der Waals surface area contributed by atoms with E-state index in [2.05, 4.69) is 20.0 Å². The molecule has 1 aromatic carbocycles. The highest BCUT2D eigenvalue weighted by Gasteiger charge is 2.38. The Bertz CT molecular complexity index is 1030. The van der Waals surface area contributed by atoms with Gasteiger partial charge >= 0.3 is 18.1 Å². The number of carbonyl (C=O) groups is 1. The SMILES string of the molecule is COc1ccc(NC(=O)N2CCc3sc(-c4noc(C(F)(F)F)n4)cc3C2)cc1. The summed E-state index contributed by atoms with van der Waals surface area (Å²) in [5.41, 5.74) is 1.50. The smallest absolute Gasteiger partial charge is 0.471 e. The van der Waals surface area contributed by atoms with Crippen LogP contribution in [0.1, 0.15) is 16.3 Å². The quantitative estimate of drug-likeness (QED) is 0.674. The minimum Gasteiger partial charge on any atom is -0.497 e. The van der Waals surface area contributed by atoms with E-state index in [1.165, 1.54) is 11.3 Å². The van der Waals surface area contributed by atoms with Gasteiger partial charge in [-0.1, -0.05) is 5.16 Å². The average Bonchev–Trinajstić information content (AvgIpc) is 3.34. The number of urea groups is 1. The topological polar surface area (TPSA) is 80.5 Å². The van der Waals surface area contributed by atoms with Crippen molar-refractivity contribution >= 4 is 23.1 Å². The third kappa shape index (κ3) is 4.04. The molecule has 0 aliphatic carbocycles. The Hall–Kier alpha value is -3.08. The summed E-state index contributed by atoms with van der Waals surface area (Å²) in [5, 5.41) is 6.24. The number of thiophene rings is 1. The van der Waals surface area contributed by atoms with Crippen molar-refractivity contribution < 1.29 is 27.2 Å². The molecule has 0 fully saturated rings. The largest absolute Gasteiger partial charge is 0.497 e. The molecular weight excluding hydrogens is 409 g/mol. The normalized spacial score (nSPS) is 13.9. The minimum atomic E-state index is -4.68. The number of fused-ring (bicyclic) bond motifs is 1. The number of anilines is 1. The molecule has 2 amide bonds. The van der Waals surface area contributed by atoms with E-state index in [0.29, 0.717) is 35.8 Å². The Kier molecular flexibility index (Phi) is 4.91. The van der Waals surface area contributed by atoms with Crippen LogP contribution >= 0.6 is 11.3 Å². The van der Waals surface area contributed by atoms with Gasteiger partial charge < -0.3 is 19.5 Å². The number of alkyl halides is 3. The molecule has 0 unspecified atom stereocenters. The maximum atomic E-state index is 12.7. The molecule has 7 nitrogen and oxygen atoms in total. The molecule has 3 heterocycles. The van der Waals surface area contributed by atoms with Crippen LogP contribution in [0.3, 0.4) is 0 Å². The predicted molar refractivity (Wildman–Crippen MR) is 98.7 cm³/mol. The van der Waals surface area contributed by atoms with Gasteiger partial charge in [-0.3, -0.25) is 0 Å². The van der Waals surface area contributed by atoms with E-state index in [-0.39, 0.29) is 11.9 Å². The number of ether oxygens (including phenoxy) is 1. The molecule has 1 aliphatic heterocycles. The molecule has 0 bridgehead atoms. The first-order chi connectivity index (χ1) is 13.8. The summed E-state index contributed by atoms with van der Waals surface area (Å²) in [5.74, 6) is -0.795. The first-order valence-electron chi connectivity index (χ1n) is 8.56. The number of halogens is 3. The number of rotatable bonds is 3. The van der Waals surface area contributed by atoms with Crippen LogP contribution in [0.4, 0.5) is 23.7 Å². The van der Waals surface area contributed by atoms with E-state index in [4.69, 9.17) is 4.74 Å². The van der Waals surface area contributed by atoms with Crippen molar-refractivity contribution in [3.8, 4) is 16.5 Å². The van der Waals surface area contributed by atoms with Crippen LogP contribution in [0.2, 0.25) is 0 Å². The fourth-order valence-corrected chi connectivity index (χ4v) is 4.02. The van der Waals surface area contributed by atoms with Gasteiger partial charge in [0.1, 0.15) is 5.75 Å². The lowest BCUT2D eigenvalue weighted by molar-refractivity contribution is -0.159. The zero-order chi connectivity index (χ0) is 20.6. The summed E-state index contributed by atoms with van der Waals surface area (Å²) in [4.78, 5) is 19.1. The van der Waals surface area contributed by atoms with Gasteiger partial charge in [-0.25, -0.2) is 4.79 Å². The van der Waals surface area contributed by atoms with Crippen molar-refractivity contribution in [2.45, 2.75) is 19.1 Å². The van der Waals surface area contributed by atoms with E-state index in [0.717, 1.165) is 10.4 Å². The number of amides is 2. The highest BCUT2D eigenvalue weighted by molar-refractivity contribution is 7.15. The number of nitrogens with zero attached hydrogens (tertiary/aromatic N) is 3. The first kappa shape index (κ1) is 19.2. The van der Waals surface area contributed by atoms with E-state index in [9.17, 15) is 18.0 Å². The van der Waals surface area contributed by atoms with Gasteiger partial charge in [-0.15, -0.1) is 11.3 Å². The number of aromatic nitrogens is 2.